The van der Waals surface area contributed by atoms with Gasteiger partial charge in [-0.15, -0.1) is 0 Å². The number of carboxylic acids is 1. The summed E-state index contributed by atoms with van der Waals surface area (Å²) in [6.45, 7) is 0.306. The van der Waals surface area contributed by atoms with Crippen LogP contribution < -0.4 is 4.90 Å². The number of carboxylic acid groups (broad SMARTS) is 1. The molecule has 36 heavy (non-hydrogen) atoms. The van der Waals surface area contributed by atoms with Gasteiger partial charge in [0.05, 0.1) is 23.2 Å². The largest absolute Gasteiger partial charge is 0.481 e. The Bertz CT molecular complexity index is 1420. The summed E-state index contributed by atoms with van der Waals surface area (Å²) < 4.78 is 82.0. The molecule has 4 aromatic rings. The first-order chi connectivity index (χ1) is 16.8. The summed E-state index contributed by atoms with van der Waals surface area (Å²) in [6.07, 6.45) is -8.33. The molecule has 0 fully saturated rings. The monoisotopic (exact) mass is 506 g/mol. The van der Waals surface area contributed by atoms with Crippen molar-refractivity contribution in [2.24, 2.45) is 0 Å². The third kappa shape index (κ3) is 5.17. The van der Waals surface area contributed by atoms with Crippen molar-refractivity contribution in [3.05, 3.63) is 95.2 Å². The molecule has 0 aliphatic heterocycles. The van der Waals surface area contributed by atoms with Crippen molar-refractivity contribution in [1.29, 1.82) is 0 Å². The molecule has 188 valence electrons. The number of halogens is 6. The van der Waals surface area contributed by atoms with Gasteiger partial charge in [0.15, 0.2) is 0 Å². The van der Waals surface area contributed by atoms with Crippen LogP contribution >= 0.6 is 0 Å². The van der Waals surface area contributed by atoms with Crippen molar-refractivity contribution in [2.45, 2.75) is 25.3 Å². The first kappa shape index (κ1) is 25.2. The van der Waals surface area contributed by atoms with Gasteiger partial charge < -0.3 is 14.6 Å². The molecule has 0 radical (unpaired) electrons. The van der Waals surface area contributed by atoms with Crippen LogP contribution in [-0.4, -0.2) is 22.7 Å². The first-order valence-corrected chi connectivity index (χ1v) is 10.7. The number of para-hydroxylation sites is 1. The van der Waals surface area contributed by atoms with E-state index in [0.717, 1.165) is 17.0 Å². The molecule has 0 amide bonds. The quantitative estimate of drug-likeness (QED) is 0.283. The van der Waals surface area contributed by atoms with Crippen LogP contribution in [0.4, 0.5) is 37.7 Å². The average Bonchev–Trinajstić information content (AvgIpc) is 3.13. The van der Waals surface area contributed by atoms with Crippen LogP contribution in [-0.2, 0) is 30.1 Å². The van der Waals surface area contributed by atoms with Crippen LogP contribution in [0.5, 0.6) is 0 Å². The SMILES string of the molecule is CN(c1cccc(Cn2cc(CC(=O)O)c3ccccc32)c1)c1ccc(C(F)(F)F)cc1C(F)(F)F. The minimum absolute atomic E-state index is 0.117. The van der Waals surface area contributed by atoms with E-state index < -0.39 is 35.1 Å². The third-order valence-electron chi connectivity index (χ3n) is 5.85. The topological polar surface area (TPSA) is 45.5 Å². The van der Waals surface area contributed by atoms with Gasteiger partial charge >= 0.3 is 18.3 Å². The van der Waals surface area contributed by atoms with Crippen molar-refractivity contribution < 1.29 is 36.2 Å². The molecule has 10 heteroatoms. The Hall–Kier alpha value is -3.95. The Kier molecular flexibility index (Phi) is 6.46. The number of nitrogens with zero attached hydrogens (tertiary/aromatic N) is 2. The Morgan fingerprint density at radius 3 is 2.31 bits per heavy atom. The highest BCUT2D eigenvalue weighted by Gasteiger charge is 2.39. The van der Waals surface area contributed by atoms with Gasteiger partial charge in [-0.2, -0.15) is 26.3 Å². The molecule has 0 saturated carbocycles. The minimum atomic E-state index is -4.99. The second kappa shape index (κ2) is 9.25. The van der Waals surface area contributed by atoms with Gasteiger partial charge in [-0.1, -0.05) is 30.3 Å². The zero-order chi connectivity index (χ0) is 26.3. The number of fused-ring (bicyclic) bond motifs is 1. The number of anilines is 2. The van der Waals surface area contributed by atoms with E-state index >= 15 is 0 Å². The molecule has 0 saturated heterocycles. The highest BCUT2D eigenvalue weighted by molar-refractivity contribution is 5.87. The maximum atomic E-state index is 13.7. The molecule has 4 rings (SSSR count). The van der Waals surface area contributed by atoms with E-state index in [1.165, 1.54) is 11.9 Å². The molecule has 0 aliphatic carbocycles. The lowest BCUT2D eigenvalue weighted by Gasteiger charge is -2.25. The molecule has 3 aromatic carbocycles. The number of benzene rings is 3. The molecule has 1 aromatic heterocycles. The van der Waals surface area contributed by atoms with Crippen molar-refractivity contribution in [3.8, 4) is 0 Å². The van der Waals surface area contributed by atoms with Gasteiger partial charge in [0, 0.05) is 36.4 Å². The summed E-state index contributed by atoms with van der Waals surface area (Å²) in [6, 6.07) is 15.4. The highest BCUT2D eigenvalue weighted by atomic mass is 19.4. The van der Waals surface area contributed by atoms with Crippen LogP contribution in [0.25, 0.3) is 10.9 Å². The lowest BCUT2D eigenvalue weighted by molar-refractivity contribution is -0.143. The summed E-state index contributed by atoms with van der Waals surface area (Å²) in [4.78, 5) is 12.4. The lowest BCUT2D eigenvalue weighted by atomic mass is 10.1. The first-order valence-electron chi connectivity index (χ1n) is 10.7. The fraction of sp³-hybridized carbons (Fsp3) is 0.192. The molecule has 0 bridgehead atoms. The fourth-order valence-corrected chi connectivity index (χ4v) is 4.19. The van der Waals surface area contributed by atoms with Gasteiger partial charge in [-0.05, 0) is 47.5 Å². The van der Waals surface area contributed by atoms with Crippen LogP contribution in [0.1, 0.15) is 22.3 Å². The summed E-state index contributed by atoms with van der Waals surface area (Å²) in [5.74, 6) is -0.974. The summed E-state index contributed by atoms with van der Waals surface area (Å²) in [7, 11) is 1.35. The molecule has 0 spiro atoms. The Labute approximate surface area is 202 Å². The van der Waals surface area contributed by atoms with Crippen molar-refractivity contribution in [1.82, 2.24) is 4.57 Å². The minimum Gasteiger partial charge on any atom is -0.481 e. The lowest BCUT2D eigenvalue weighted by Crippen LogP contribution is -2.18. The number of hydrogen-bond donors (Lipinski definition) is 1. The number of carbonyl (C=O) groups is 1. The molecule has 1 N–H and O–H groups in total. The second-order valence-corrected chi connectivity index (χ2v) is 8.33. The third-order valence-corrected chi connectivity index (χ3v) is 5.85. The normalized spacial score (nSPS) is 12.2. The van der Waals surface area contributed by atoms with Gasteiger partial charge in [0.1, 0.15) is 0 Å². The molecule has 0 aliphatic rings. The number of alkyl halides is 6. The van der Waals surface area contributed by atoms with Gasteiger partial charge in [-0.3, -0.25) is 4.79 Å². The Morgan fingerprint density at radius 2 is 1.64 bits per heavy atom. The standard InChI is InChI=1S/C26H20F6N2O2/c1-33(23-10-9-18(25(27,28)29)13-21(23)26(30,31)32)19-6-4-5-16(11-19)14-34-15-17(12-24(35)36)20-7-2-3-8-22(20)34/h2-11,13,15H,12,14H2,1H3,(H,35,36). The summed E-state index contributed by atoms with van der Waals surface area (Å²) in [5.41, 5.74) is -0.692. The summed E-state index contributed by atoms with van der Waals surface area (Å²) in [5, 5.41) is 10.0. The molecule has 4 nitrogen and oxygen atoms in total. The predicted octanol–water partition coefficient (Wildman–Crippen LogP) is 7.12. The van der Waals surface area contributed by atoms with E-state index in [2.05, 4.69) is 0 Å². The molecule has 0 atom stereocenters. The second-order valence-electron chi connectivity index (χ2n) is 8.33. The molecular weight excluding hydrogens is 486 g/mol. The highest BCUT2D eigenvalue weighted by Crippen LogP contribution is 2.42. The van der Waals surface area contributed by atoms with E-state index in [1.807, 2.05) is 22.8 Å². The van der Waals surface area contributed by atoms with E-state index in [4.69, 9.17) is 0 Å². The average molecular weight is 506 g/mol. The van der Waals surface area contributed by atoms with Gasteiger partial charge in [-0.25, -0.2) is 0 Å². The Balaban J connectivity index is 1.70. The van der Waals surface area contributed by atoms with Gasteiger partial charge in [0.2, 0.25) is 0 Å². The van der Waals surface area contributed by atoms with Crippen molar-refractivity contribution in [3.63, 3.8) is 0 Å². The maximum Gasteiger partial charge on any atom is 0.418 e. The van der Waals surface area contributed by atoms with Gasteiger partial charge in [0.25, 0.3) is 0 Å². The van der Waals surface area contributed by atoms with E-state index in [9.17, 15) is 36.2 Å². The van der Waals surface area contributed by atoms with Crippen LogP contribution in [0.15, 0.2) is 72.9 Å². The maximum absolute atomic E-state index is 13.7. The van der Waals surface area contributed by atoms with Crippen LogP contribution in [0.2, 0.25) is 0 Å². The Morgan fingerprint density at radius 1 is 0.917 bits per heavy atom. The fourth-order valence-electron chi connectivity index (χ4n) is 4.19. The number of aromatic nitrogens is 1. The molecule has 0 unspecified atom stereocenters. The van der Waals surface area contributed by atoms with Crippen molar-refractivity contribution >= 4 is 28.2 Å². The molecular formula is C26H20F6N2O2. The molecule has 1 heterocycles. The number of aliphatic carboxylic acids is 1. The van der Waals surface area contributed by atoms with E-state index in [0.29, 0.717) is 29.4 Å². The smallest absolute Gasteiger partial charge is 0.418 e. The zero-order valence-corrected chi connectivity index (χ0v) is 18.9. The van der Waals surface area contributed by atoms with Crippen LogP contribution in [0, 0.1) is 0 Å². The van der Waals surface area contributed by atoms with Crippen molar-refractivity contribution in [2.75, 3.05) is 11.9 Å². The zero-order valence-electron chi connectivity index (χ0n) is 18.9. The predicted molar refractivity (Wildman–Crippen MR) is 123 cm³/mol. The number of hydrogen-bond acceptors (Lipinski definition) is 2. The summed E-state index contributed by atoms with van der Waals surface area (Å²) >= 11 is 0. The number of rotatable bonds is 6. The van der Waals surface area contributed by atoms with E-state index in [1.54, 1.807) is 36.5 Å². The van der Waals surface area contributed by atoms with Crippen LogP contribution in [0.3, 0.4) is 0 Å². The van der Waals surface area contributed by atoms with E-state index in [-0.39, 0.29) is 12.5 Å².